The lowest BCUT2D eigenvalue weighted by Gasteiger charge is -2.22. The molecule has 0 radical (unpaired) electrons. The maximum Gasteiger partial charge on any atom is 0.358 e. The first-order valence-corrected chi connectivity index (χ1v) is 6.48. The molecule has 0 aliphatic carbocycles. The average molecular weight is 283 g/mol. The first-order chi connectivity index (χ1) is 9.58. The second kappa shape index (κ2) is 5.85. The van der Waals surface area contributed by atoms with Crippen LogP contribution in [0.2, 0.25) is 0 Å². The number of ether oxygens (including phenoxy) is 4. The Balaban J connectivity index is 2.42. The minimum Gasteiger partial charge on any atom is -0.483 e. The summed E-state index contributed by atoms with van der Waals surface area (Å²) < 4.78 is 20.9. The molecule has 0 bridgehead atoms. The molecule has 1 N–H and O–H groups in total. The number of carbonyl (C=O) groups is 2. The van der Waals surface area contributed by atoms with Gasteiger partial charge in [0.1, 0.15) is 12.7 Å². The Morgan fingerprint density at radius 3 is 2.25 bits per heavy atom. The number of rotatable bonds is 4. The van der Waals surface area contributed by atoms with Crippen LogP contribution in [0.15, 0.2) is 0 Å². The van der Waals surface area contributed by atoms with Crippen molar-refractivity contribution in [1.29, 1.82) is 0 Å². The highest BCUT2D eigenvalue weighted by atomic mass is 16.6. The molecule has 0 fully saturated rings. The maximum absolute atomic E-state index is 11.9. The van der Waals surface area contributed by atoms with Crippen molar-refractivity contribution < 1.29 is 28.5 Å². The Bertz CT molecular complexity index is 521. The van der Waals surface area contributed by atoms with E-state index in [4.69, 9.17) is 18.9 Å². The van der Waals surface area contributed by atoms with E-state index in [1.54, 1.807) is 20.8 Å². The predicted molar refractivity (Wildman–Crippen MR) is 68.3 cm³/mol. The van der Waals surface area contributed by atoms with Crippen molar-refractivity contribution in [3.05, 3.63) is 11.4 Å². The molecule has 7 nitrogen and oxygen atoms in total. The molecular weight excluding hydrogens is 266 g/mol. The zero-order chi connectivity index (χ0) is 14.7. The number of esters is 2. The number of hydrogen-bond acceptors (Lipinski definition) is 6. The van der Waals surface area contributed by atoms with E-state index in [9.17, 15) is 9.59 Å². The van der Waals surface area contributed by atoms with Crippen LogP contribution in [0.4, 0.5) is 0 Å². The van der Waals surface area contributed by atoms with Gasteiger partial charge in [0.05, 0.1) is 13.2 Å². The average Bonchev–Trinajstić information content (AvgIpc) is 2.78. The van der Waals surface area contributed by atoms with Gasteiger partial charge in [-0.1, -0.05) is 0 Å². The third kappa shape index (κ3) is 2.56. The number of nitrogens with one attached hydrogen (secondary N) is 1. The van der Waals surface area contributed by atoms with Gasteiger partial charge in [-0.25, -0.2) is 9.59 Å². The van der Waals surface area contributed by atoms with Crippen molar-refractivity contribution in [1.82, 2.24) is 4.98 Å². The van der Waals surface area contributed by atoms with Gasteiger partial charge in [-0.05, 0) is 20.8 Å². The number of aromatic nitrogens is 1. The first kappa shape index (κ1) is 14.2. The van der Waals surface area contributed by atoms with E-state index in [1.165, 1.54) is 0 Å². The molecule has 7 heteroatoms. The lowest BCUT2D eigenvalue weighted by Crippen LogP contribution is -2.26. The number of carbonyl (C=O) groups excluding carboxylic acids is 2. The van der Waals surface area contributed by atoms with Gasteiger partial charge in [0.15, 0.2) is 22.9 Å². The number of hydrogen-bond donors (Lipinski definition) is 1. The van der Waals surface area contributed by atoms with Crippen LogP contribution >= 0.6 is 0 Å². The molecule has 1 atom stereocenters. The summed E-state index contributed by atoms with van der Waals surface area (Å²) in [7, 11) is 0. The van der Waals surface area contributed by atoms with E-state index in [0.717, 1.165) is 0 Å². The summed E-state index contributed by atoms with van der Waals surface area (Å²) in [5.74, 6) is -0.802. The molecule has 1 unspecified atom stereocenters. The van der Waals surface area contributed by atoms with Gasteiger partial charge in [0, 0.05) is 0 Å². The van der Waals surface area contributed by atoms with Gasteiger partial charge in [0.2, 0.25) is 0 Å². The topological polar surface area (TPSA) is 86.9 Å². The van der Waals surface area contributed by atoms with Gasteiger partial charge in [-0.3, -0.25) is 0 Å². The first-order valence-electron chi connectivity index (χ1n) is 6.48. The largest absolute Gasteiger partial charge is 0.483 e. The summed E-state index contributed by atoms with van der Waals surface area (Å²) in [5, 5.41) is 0. The van der Waals surface area contributed by atoms with Gasteiger partial charge in [0.25, 0.3) is 0 Å². The Morgan fingerprint density at radius 2 is 1.70 bits per heavy atom. The zero-order valence-electron chi connectivity index (χ0n) is 11.6. The van der Waals surface area contributed by atoms with E-state index in [-0.39, 0.29) is 42.2 Å². The molecule has 0 spiro atoms. The molecule has 1 aromatic heterocycles. The molecule has 1 aliphatic rings. The van der Waals surface area contributed by atoms with Crippen molar-refractivity contribution in [2.75, 3.05) is 19.8 Å². The molecule has 0 amide bonds. The van der Waals surface area contributed by atoms with Gasteiger partial charge in [-0.15, -0.1) is 0 Å². The van der Waals surface area contributed by atoms with Crippen LogP contribution in [0.1, 0.15) is 41.7 Å². The molecule has 0 saturated heterocycles. The van der Waals surface area contributed by atoms with Crippen LogP contribution in [-0.2, 0) is 9.47 Å². The predicted octanol–water partition coefficient (Wildman–Crippen LogP) is 1.53. The highest BCUT2D eigenvalue weighted by Crippen LogP contribution is 2.39. The monoisotopic (exact) mass is 283 g/mol. The maximum atomic E-state index is 11.9. The Labute approximate surface area is 116 Å². The minimum absolute atomic E-state index is 0.0662. The molecule has 1 aromatic rings. The summed E-state index contributed by atoms with van der Waals surface area (Å²) in [4.78, 5) is 26.4. The molecule has 110 valence electrons. The highest BCUT2D eigenvalue weighted by Gasteiger charge is 2.33. The summed E-state index contributed by atoms with van der Waals surface area (Å²) in [6.07, 6.45) is -0.221. The Kier molecular flexibility index (Phi) is 4.16. The third-order valence-electron chi connectivity index (χ3n) is 2.65. The normalized spacial score (nSPS) is 16.6. The highest BCUT2D eigenvalue weighted by molar-refractivity contribution is 5.99. The standard InChI is InChI=1S/C13H17NO6/c1-4-17-12(15)8-10-11(20-7(3)6-19-10)9(14-8)13(16)18-5-2/h7,14H,4-6H2,1-3H3. The van der Waals surface area contributed by atoms with Crippen molar-refractivity contribution in [3.8, 4) is 11.5 Å². The van der Waals surface area contributed by atoms with Crippen molar-refractivity contribution in [3.63, 3.8) is 0 Å². The zero-order valence-corrected chi connectivity index (χ0v) is 11.6. The lowest BCUT2D eigenvalue weighted by atomic mass is 10.3. The summed E-state index contributed by atoms with van der Waals surface area (Å²) in [6, 6.07) is 0. The van der Waals surface area contributed by atoms with E-state index in [1.807, 2.05) is 0 Å². The SMILES string of the molecule is CCOC(=O)c1[nH]c(C(=O)OCC)c2c1OCC(C)O2. The fourth-order valence-electron chi connectivity index (χ4n) is 1.85. The van der Waals surface area contributed by atoms with Crippen LogP contribution in [0, 0.1) is 0 Å². The number of H-pyrrole nitrogens is 1. The fourth-order valence-corrected chi connectivity index (χ4v) is 1.85. The third-order valence-corrected chi connectivity index (χ3v) is 2.65. The number of aromatic amines is 1. The molecule has 0 saturated carbocycles. The van der Waals surface area contributed by atoms with E-state index in [2.05, 4.69) is 4.98 Å². The van der Waals surface area contributed by atoms with Gasteiger partial charge >= 0.3 is 11.9 Å². The van der Waals surface area contributed by atoms with Crippen LogP contribution in [0.5, 0.6) is 11.5 Å². The second-order valence-electron chi connectivity index (χ2n) is 4.21. The Morgan fingerprint density at radius 1 is 1.15 bits per heavy atom. The molecule has 2 rings (SSSR count). The number of fused-ring (bicyclic) bond motifs is 1. The smallest absolute Gasteiger partial charge is 0.358 e. The van der Waals surface area contributed by atoms with Gasteiger partial charge in [-0.2, -0.15) is 0 Å². The van der Waals surface area contributed by atoms with E-state index in [0.29, 0.717) is 6.61 Å². The van der Waals surface area contributed by atoms with E-state index >= 15 is 0 Å². The summed E-state index contributed by atoms with van der Waals surface area (Å²) >= 11 is 0. The van der Waals surface area contributed by atoms with Crippen LogP contribution in [0.25, 0.3) is 0 Å². The summed E-state index contributed by atoms with van der Waals surface area (Å²) in [5.41, 5.74) is 0.133. The second-order valence-corrected chi connectivity index (χ2v) is 4.21. The molecule has 1 aliphatic heterocycles. The quantitative estimate of drug-likeness (QED) is 0.843. The van der Waals surface area contributed by atoms with Crippen molar-refractivity contribution >= 4 is 11.9 Å². The summed E-state index contributed by atoms with van der Waals surface area (Å²) in [6.45, 7) is 5.92. The van der Waals surface area contributed by atoms with E-state index < -0.39 is 11.9 Å². The lowest BCUT2D eigenvalue weighted by molar-refractivity contribution is 0.0492. The molecule has 2 heterocycles. The molecule has 20 heavy (non-hydrogen) atoms. The van der Waals surface area contributed by atoms with Gasteiger partial charge < -0.3 is 23.9 Å². The van der Waals surface area contributed by atoms with Crippen molar-refractivity contribution in [2.24, 2.45) is 0 Å². The van der Waals surface area contributed by atoms with Crippen LogP contribution in [0.3, 0.4) is 0 Å². The van der Waals surface area contributed by atoms with Crippen LogP contribution in [-0.4, -0.2) is 42.8 Å². The molecule has 0 aromatic carbocycles. The minimum atomic E-state index is -0.600. The van der Waals surface area contributed by atoms with Crippen LogP contribution < -0.4 is 9.47 Å². The van der Waals surface area contributed by atoms with Crippen molar-refractivity contribution in [2.45, 2.75) is 26.9 Å². The fraction of sp³-hybridized carbons (Fsp3) is 0.538. The molecular formula is C13H17NO6. The Hall–Kier alpha value is -2.18.